The van der Waals surface area contributed by atoms with E-state index in [0.717, 1.165) is 10.7 Å². The van der Waals surface area contributed by atoms with Crippen LogP contribution in [0.1, 0.15) is 38.4 Å². The van der Waals surface area contributed by atoms with Crippen LogP contribution in [0.5, 0.6) is 0 Å². The second-order valence-corrected chi connectivity index (χ2v) is 6.73. The molecule has 0 aliphatic rings. The maximum absolute atomic E-state index is 11.9. The summed E-state index contributed by atoms with van der Waals surface area (Å²) in [4.78, 5) is 27.4. The zero-order chi connectivity index (χ0) is 15.6. The fraction of sp³-hybridized carbons (Fsp3) is 0.500. The number of rotatable bonds is 5. The first-order chi connectivity index (χ1) is 9.06. The van der Waals surface area contributed by atoms with Gasteiger partial charge in [-0.25, -0.2) is 4.98 Å². The summed E-state index contributed by atoms with van der Waals surface area (Å²) in [6.07, 6.45) is 2.98. The highest BCUT2D eigenvalue weighted by molar-refractivity contribution is 7.09. The minimum absolute atomic E-state index is 0.338. The van der Waals surface area contributed by atoms with Gasteiger partial charge >= 0.3 is 5.97 Å². The van der Waals surface area contributed by atoms with Gasteiger partial charge in [-0.05, 0) is 40.7 Å². The molecule has 1 aromatic rings. The van der Waals surface area contributed by atoms with E-state index in [1.165, 1.54) is 17.4 Å². The zero-order valence-corrected chi connectivity index (χ0v) is 13.2. The van der Waals surface area contributed by atoms with Crippen molar-refractivity contribution >= 4 is 29.3 Å². The van der Waals surface area contributed by atoms with E-state index in [-0.39, 0.29) is 5.91 Å². The highest BCUT2D eigenvalue weighted by Crippen LogP contribution is 2.30. The van der Waals surface area contributed by atoms with Gasteiger partial charge in [0.2, 0.25) is 5.91 Å². The molecular weight excluding hydrogens is 276 g/mol. The van der Waals surface area contributed by atoms with Gasteiger partial charge in [0.05, 0.1) is 21.7 Å². The number of carbonyl (C=O) groups excluding carboxylic acids is 1. The molecule has 1 aromatic heterocycles. The molecule has 1 amide bonds. The van der Waals surface area contributed by atoms with Crippen LogP contribution in [-0.2, 0) is 9.59 Å². The molecule has 0 saturated heterocycles. The molecule has 6 heteroatoms. The molecule has 1 rings (SSSR count). The minimum Gasteiger partial charge on any atom is -0.481 e. The molecule has 5 nitrogen and oxygen atoms in total. The quantitative estimate of drug-likeness (QED) is 0.818. The Kier molecular flexibility index (Phi) is 4.70. The fourth-order valence-corrected chi connectivity index (χ4v) is 1.97. The number of carboxylic acid groups (broad SMARTS) is 1. The highest BCUT2D eigenvalue weighted by Gasteiger charge is 2.44. The van der Waals surface area contributed by atoms with E-state index in [1.54, 1.807) is 33.8 Å². The number of aliphatic carboxylic acids is 1. The molecule has 110 valence electrons. The molecular formula is C14H20N2O3S. The van der Waals surface area contributed by atoms with Crippen LogP contribution in [0.4, 0.5) is 0 Å². The Labute approximate surface area is 122 Å². The average molecular weight is 296 g/mol. The van der Waals surface area contributed by atoms with Gasteiger partial charge in [-0.3, -0.25) is 9.59 Å². The molecule has 1 heterocycles. The first-order valence-corrected chi connectivity index (χ1v) is 7.10. The molecule has 0 aliphatic heterocycles. The Morgan fingerprint density at radius 1 is 1.35 bits per heavy atom. The highest BCUT2D eigenvalue weighted by atomic mass is 32.1. The molecule has 0 aliphatic carbocycles. The Hall–Kier alpha value is -1.69. The molecule has 0 spiro atoms. The SMILES string of the molecule is Cc1nc(C=CC(=O)NC(C)(C)C(C)(C)C(=O)O)cs1. The largest absolute Gasteiger partial charge is 0.481 e. The number of carbonyl (C=O) groups is 2. The summed E-state index contributed by atoms with van der Waals surface area (Å²) < 4.78 is 0. The molecule has 0 saturated carbocycles. The van der Waals surface area contributed by atoms with Crippen molar-refractivity contribution in [1.82, 2.24) is 10.3 Å². The van der Waals surface area contributed by atoms with Crippen LogP contribution in [0.25, 0.3) is 6.08 Å². The van der Waals surface area contributed by atoms with Crippen molar-refractivity contribution in [2.24, 2.45) is 5.41 Å². The van der Waals surface area contributed by atoms with Crippen molar-refractivity contribution in [1.29, 1.82) is 0 Å². The van der Waals surface area contributed by atoms with Gasteiger partial charge in [-0.2, -0.15) is 0 Å². The van der Waals surface area contributed by atoms with Crippen LogP contribution in [0.3, 0.4) is 0 Å². The van der Waals surface area contributed by atoms with E-state index in [4.69, 9.17) is 0 Å². The summed E-state index contributed by atoms with van der Waals surface area (Å²) >= 11 is 1.51. The Morgan fingerprint density at radius 3 is 2.40 bits per heavy atom. The number of nitrogens with zero attached hydrogens (tertiary/aromatic N) is 1. The topological polar surface area (TPSA) is 79.3 Å². The molecule has 2 N–H and O–H groups in total. The van der Waals surface area contributed by atoms with Gasteiger partial charge in [0.15, 0.2) is 0 Å². The van der Waals surface area contributed by atoms with Crippen molar-refractivity contribution in [3.63, 3.8) is 0 Å². The second-order valence-electron chi connectivity index (χ2n) is 5.67. The number of amides is 1. The third-order valence-electron chi connectivity index (χ3n) is 3.58. The van der Waals surface area contributed by atoms with E-state index in [2.05, 4.69) is 10.3 Å². The zero-order valence-electron chi connectivity index (χ0n) is 12.4. The number of thiazole rings is 1. The van der Waals surface area contributed by atoms with Crippen molar-refractivity contribution in [3.05, 3.63) is 22.2 Å². The third kappa shape index (κ3) is 3.66. The fourth-order valence-electron chi connectivity index (χ4n) is 1.39. The summed E-state index contributed by atoms with van der Waals surface area (Å²) in [5.41, 5.74) is -1.23. The maximum Gasteiger partial charge on any atom is 0.311 e. The molecule has 0 atom stereocenters. The van der Waals surface area contributed by atoms with E-state index in [9.17, 15) is 14.7 Å². The lowest BCUT2D eigenvalue weighted by atomic mass is 9.74. The molecule has 0 bridgehead atoms. The van der Waals surface area contributed by atoms with Gasteiger partial charge in [0.1, 0.15) is 0 Å². The minimum atomic E-state index is -1.08. The van der Waals surface area contributed by atoms with Crippen LogP contribution >= 0.6 is 11.3 Å². The molecule has 0 radical (unpaired) electrons. The number of hydrogen-bond donors (Lipinski definition) is 2. The summed E-state index contributed by atoms with van der Waals surface area (Å²) in [6, 6.07) is 0. The van der Waals surface area contributed by atoms with Crippen LogP contribution in [0.2, 0.25) is 0 Å². The maximum atomic E-state index is 11.9. The Bertz CT molecular complexity index is 544. The predicted molar refractivity (Wildman–Crippen MR) is 79.5 cm³/mol. The lowest BCUT2D eigenvalue weighted by Crippen LogP contribution is -2.56. The molecule has 20 heavy (non-hydrogen) atoms. The first kappa shape index (κ1) is 16.4. The van der Waals surface area contributed by atoms with Gasteiger partial charge < -0.3 is 10.4 Å². The van der Waals surface area contributed by atoms with Crippen molar-refractivity contribution < 1.29 is 14.7 Å². The van der Waals surface area contributed by atoms with Crippen LogP contribution < -0.4 is 5.32 Å². The van der Waals surface area contributed by atoms with E-state index in [1.807, 2.05) is 12.3 Å². The predicted octanol–water partition coefficient (Wildman–Crippen LogP) is 2.47. The standard InChI is InChI=1S/C14H20N2O3S/c1-9-15-10(8-20-9)6-7-11(17)16-14(4,5)13(2,3)12(18)19/h6-8H,1-5H3,(H,16,17)(H,18,19). The summed E-state index contributed by atoms with van der Waals surface area (Å²) in [7, 11) is 0. The average Bonchev–Trinajstić information content (AvgIpc) is 2.71. The van der Waals surface area contributed by atoms with Crippen LogP contribution in [0.15, 0.2) is 11.5 Å². The Morgan fingerprint density at radius 2 is 1.95 bits per heavy atom. The summed E-state index contributed by atoms with van der Waals surface area (Å²) in [5, 5.41) is 14.7. The Balaban J connectivity index is 2.75. The van der Waals surface area contributed by atoms with Crippen LogP contribution in [0, 0.1) is 12.3 Å². The van der Waals surface area contributed by atoms with Crippen LogP contribution in [-0.4, -0.2) is 27.5 Å². The summed E-state index contributed by atoms with van der Waals surface area (Å²) in [6.45, 7) is 8.45. The number of aryl methyl sites for hydroxylation is 1. The van der Waals surface area contributed by atoms with Gasteiger partial charge in [-0.1, -0.05) is 0 Å². The van der Waals surface area contributed by atoms with E-state index in [0.29, 0.717) is 0 Å². The number of aromatic nitrogens is 1. The molecule has 0 aromatic carbocycles. The smallest absolute Gasteiger partial charge is 0.311 e. The lowest BCUT2D eigenvalue weighted by Gasteiger charge is -2.38. The number of nitrogens with one attached hydrogen (secondary N) is 1. The third-order valence-corrected chi connectivity index (χ3v) is 4.37. The van der Waals surface area contributed by atoms with Gasteiger partial charge in [0, 0.05) is 11.5 Å². The number of carboxylic acids is 1. The normalized spacial score (nSPS) is 12.7. The lowest BCUT2D eigenvalue weighted by molar-refractivity contribution is -0.151. The summed E-state index contributed by atoms with van der Waals surface area (Å²) in [5.74, 6) is -1.29. The monoisotopic (exact) mass is 296 g/mol. The van der Waals surface area contributed by atoms with E-state index < -0.39 is 16.9 Å². The van der Waals surface area contributed by atoms with Crippen molar-refractivity contribution in [3.8, 4) is 0 Å². The van der Waals surface area contributed by atoms with Gasteiger partial charge in [0.25, 0.3) is 0 Å². The van der Waals surface area contributed by atoms with Gasteiger partial charge in [-0.15, -0.1) is 11.3 Å². The van der Waals surface area contributed by atoms with E-state index >= 15 is 0 Å². The molecule has 0 unspecified atom stereocenters. The van der Waals surface area contributed by atoms with Crippen molar-refractivity contribution in [2.75, 3.05) is 0 Å². The molecule has 0 fully saturated rings. The number of hydrogen-bond acceptors (Lipinski definition) is 4. The second kappa shape index (κ2) is 5.75. The first-order valence-electron chi connectivity index (χ1n) is 6.22. The van der Waals surface area contributed by atoms with Crippen molar-refractivity contribution in [2.45, 2.75) is 40.2 Å².